The normalized spacial score (nSPS) is 32.2. The Kier molecular flexibility index (Phi) is 4.26. The molecule has 16 heavy (non-hydrogen) atoms. The molecule has 0 aromatic rings. The summed E-state index contributed by atoms with van der Waals surface area (Å²) in [6.07, 6.45) is 7.24. The molecule has 0 saturated heterocycles. The maximum absolute atomic E-state index is 3.54. The predicted molar refractivity (Wildman–Crippen MR) is 69.6 cm³/mol. The fraction of sp³-hybridized carbons (Fsp3) is 1.00. The van der Waals surface area contributed by atoms with Gasteiger partial charge >= 0.3 is 0 Å². The minimum atomic E-state index is 0.724. The van der Waals surface area contributed by atoms with Gasteiger partial charge in [-0.1, -0.05) is 19.8 Å². The van der Waals surface area contributed by atoms with Crippen molar-refractivity contribution < 1.29 is 0 Å². The number of hydrogen-bond donors (Lipinski definition) is 1. The lowest BCUT2D eigenvalue weighted by molar-refractivity contribution is 0.239. The zero-order valence-electron chi connectivity index (χ0n) is 11.2. The molecule has 0 heterocycles. The third-order valence-electron chi connectivity index (χ3n) is 4.67. The van der Waals surface area contributed by atoms with Crippen LogP contribution >= 0.6 is 0 Å². The van der Waals surface area contributed by atoms with Gasteiger partial charge in [-0.05, 0) is 51.1 Å². The minimum Gasteiger partial charge on any atom is -0.315 e. The molecule has 0 amide bonds. The summed E-state index contributed by atoms with van der Waals surface area (Å²) in [7, 11) is 4.43. The molecule has 0 aliphatic heterocycles. The average molecular weight is 224 g/mol. The summed E-state index contributed by atoms with van der Waals surface area (Å²) in [6, 6.07) is 0.724. The molecule has 0 spiro atoms. The van der Waals surface area contributed by atoms with Crippen LogP contribution in [0.5, 0.6) is 0 Å². The van der Waals surface area contributed by atoms with E-state index >= 15 is 0 Å². The fourth-order valence-electron chi connectivity index (χ4n) is 3.30. The third-order valence-corrected chi connectivity index (χ3v) is 4.67. The lowest BCUT2D eigenvalue weighted by atomic mass is 9.98. The lowest BCUT2D eigenvalue weighted by Crippen LogP contribution is -2.42. The van der Waals surface area contributed by atoms with Crippen molar-refractivity contribution in [3.8, 4) is 0 Å². The lowest BCUT2D eigenvalue weighted by Gasteiger charge is -2.28. The highest BCUT2D eigenvalue weighted by Crippen LogP contribution is 2.38. The Morgan fingerprint density at radius 1 is 1.31 bits per heavy atom. The third kappa shape index (κ3) is 3.21. The molecule has 2 aliphatic carbocycles. The monoisotopic (exact) mass is 224 g/mol. The molecule has 1 N–H and O–H groups in total. The summed E-state index contributed by atoms with van der Waals surface area (Å²) in [5.41, 5.74) is 0. The van der Waals surface area contributed by atoms with Crippen molar-refractivity contribution in [3.05, 3.63) is 0 Å². The van der Waals surface area contributed by atoms with Gasteiger partial charge in [0.05, 0.1) is 0 Å². The standard InChI is InChI=1S/C14H28N2/c1-11-8-13(11)9-16(3)10-14(15-2)12-6-4-5-7-12/h11-15H,4-10H2,1-3H3. The largest absolute Gasteiger partial charge is 0.315 e. The van der Waals surface area contributed by atoms with Crippen LogP contribution in [0.25, 0.3) is 0 Å². The van der Waals surface area contributed by atoms with E-state index in [2.05, 4.69) is 31.2 Å². The van der Waals surface area contributed by atoms with Crippen LogP contribution in [0.3, 0.4) is 0 Å². The molecule has 3 unspecified atom stereocenters. The van der Waals surface area contributed by atoms with Gasteiger partial charge in [0.15, 0.2) is 0 Å². The SMILES string of the molecule is CNC(CN(C)CC1CC1C)C1CCCC1. The van der Waals surface area contributed by atoms with Crippen LogP contribution in [0.15, 0.2) is 0 Å². The summed E-state index contributed by atoms with van der Waals surface area (Å²) in [5, 5.41) is 3.54. The number of hydrogen-bond acceptors (Lipinski definition) is 2. The number of rotatable bonds is 6. The van der Waals surface area contributed by atoms with Gasteiger partial charge < -0.3 is 10.2 Å². The van der Waals surface area contributed by atoms with E-state index in [1.165, 1.54) is 45.2 Å². The number of nitrogens with one attached hydrogen (secondary N) is 1. The Bertz CT molecular complexity index is 211. The molecular weight excluding hydrogens is 196 g/mol. The van der Waals surface area contributed by atoms with Crippen LogP contribution in [-0.2, 0) is 0 Å². The molecule has 2 rings (SSSR count). The second-order valence-electron chi connectivity index (χ2n) is 6.13. The van der Waals surface area contributed by atoms with Gasteiger partial charge in [-0.15, -0.1) is 0 Å². The summed E-state index contributed by atoms with van der Waals surface area (Å²) < 4.78 is 0. The van der Waals surface area contributed by atoms with Crippen molar-refractivity contribution in [2.45, 2.75) is 45.1 Å². The molecule has 0 aromatic carbocycles. The maximum Gasteiger partial charge on any atom is 0.0220 e. The Morgan fingerprint density at radius 3 is 2.44 bits per heavy atom. The van der Waals surface area contributed by atoms with Gasteiger partial charge in [0.25, 0.3) is 0 Å². The minimum absolute atomic E-state index is 0.724. The second-order valence-corrected chi connectivity index (χ2v) is 6.13. The van der Waals surface area contributed by atoms with Crippen LogP contribution in [0.2, 0.25) is 0 Å². The van der Waals surface area contributed by atoms with E-state index in [-0.39, 0.29) is 0 Å². The molecular formula is C14H28N2. The number of likely N-dealkylation sites (N-methyl/N-ethyl adjacent to an activating group) is 2. The number of nitrogens with zero attached hydrogens (tertiary/aromatic N) is 1. The van der Waals surface area contributed by atoms with E-state index in [0.29, 0.717) is 0 Å². The van der Waals surface area contributed by atoms with Crippen molar-refractivity contribution >= 4 is 0 Å². The molecule has 2 aliphatic rings. The molecule has 2 fully saturated rings. The Hall–Kier alpha value is -0.0800. The van der Waals surface area contributed by atoms with E-state index in [1.807, 2.05) is 0 Å². The van der Waals surface area contributed by atoms with E-state index < -0.39 is 0 Å². The molecule has 3 atom stereocenters. The summed E-state index contributed by atoms with van der Waals surface area (Å²) in [4.78, 5) is 2.55. The van der Waals surface area contributed by atoms with Crippen molar-refractivity contribution in [1.82, 2.24) is 10.2 Å². The van der Waals surface area contributed by atoms with Crippen molar-refractivity contribution in [3.63, 3.8) is 0 Å². The van der Waals surface area contributed by atoms with Crippen LogP contribution in [-0.4, -0.2) is 38.1 Å². The zero-order valence-corrected chi connectivity index (χ0v) is 11.2. The first-order chi connectivity index (χ1) is 7.70. The zero-order chi connectivity index (χ0) is 11.5. The molecule has 2 nitrogen and oxygen atoms in total. The average Bonchev–Trinajstić information content (AvgIpc) is 2.77. The first-order valence-corrected chi connectivity index (χ1v) is 7.06. The first kappa shape index (κ1) is 12.4. The van der Waals surface area contributed by atoms with Crippen LogP contribution in [0.4, 0.5) is 0 Å². The highest BCUT2D eigenvalue weighted by Gasteiger charge is 2.34. The van der Waals surface area contributed by atoms with Crippen LogP contribution in [0, 0.1) is 17.8 Å². The fourth-order valence-corrected chi connectivity index (χ4v) is 3.30. The van der Waals surface area contributed by atoms with Crippen molar-refractivity contribution in [1.29, 1.82) is 0 Å². The van der Waals surface area contributed by atoms with E-state index in [4.69, 9.17) is 0 Å². The van der Waals surface area contributed by atoms with Crippen molar-refractivity contribution in [2.75, 3.05) is 27.2 Å². The second kappa shape index (κ2) is 5.50. The summed E-state index contributed by atoms with van der Waals surface area (Å²) in [6.45, 7) is 4.93. The quantitative estimate of drug-likeness (QED) is 0.745. The Morgan fingerprint density at radius 2 is 1.94 bits per heavy atom. The molecule has 0 bridgehead atoms. The molecule has 2 heteroatoms. The van der Waals surface area contributed by atoms with Crippen LogP contribution in [0.1, 0.15) is 39.0 Å². The molecule has 2 saturated carbocycles. The van der Waals surface area contributed by atoms with Gasteiger partial charge in [0, 0.05) is 19.1 Å². The highest BCUT2D eigenvalue weighted by molar-refractivity contribution is 4.87. The Labute approximate surface area is 101 Å². The highest BCUT2D eigenvalue weighted by atomic mass is 15.1. The van der Waals surface area contributed by atoms with Gasteiger partial charge in [-0.2, -0.15) is 0 Å². The van der Waals surface area contributed by atoms with Crippen molar-refractivity contribution in [2.24, 2.45) is 17.8 Å². The van der Waals surface area contributed by atoms with E-state index in [1.54, 1.807) is 0 Å². The van der Waals surface area contributed by atoms with Gasteiger partial charge in [-0.25, -0.2) is 0 Å². The molecule has 94 valence electrons. The van der Waals surface area contributed by atoms with Gasteiger partial charge in [0.2, 0.25) is 0 Å². The Balaban J connectivity index is 1.72. The maximum atomic E-state index is 3.54. The molecule has 0 aromatic heterocycles. The first-order valence-electron chi connectivity index (χ1n) is 7.06. The predicted octanol–water partition coefficient (Wildman–Crippen LogP) is 2.35. The topological polar surface area (TPSA) is 15.3 Å². The molecule has 0 radical (unpaired) electrons. The van der Waals surface area contributed by atoms with Crippen LogP contribution < -0.4 is 5.32 Å². The van der Waals surface area contributed by atoms with E-state index in [9.17, 15) is 0 Å². The smallest absolute Gasteiger partial charge is 0.0220 e. The van der Waals surface area contributed by atoms with Gasteiger partial charge in [-0.3, -0.25) is 0 Å². The van der Waals surface area contributed by atoms with E-state index in [0.717, 1.165) is 23.8 Å². The summed E-state index contributed by atoms with van der Waals surface area (Å²) >= 11 is 0. The van der Waals surface area contributed by atoms with Gasteiger partial charge in [0.1, 0.15) is 0 Å². The summed E-state index contributed by atoms with van der Waals surface area (Å²) in [5.74, 6) is 2.91.